The lowest BCUT2D eigenvalue weighted by molar-refractivity contribution is -0.120. The third-order valence-electron chi connectivity index (χ3n) is 2.98. The van der Waals surface area contributed by atoms with Crippen LogP contribution in [0.4, 0.5) is 0 Å². The van der Waals surface area contributed by atoms with E-state index in [0.29, 0.717) is 6.04 Å². The molecule has 14 heavy (non-hydrogen) atoms. The number of hydrogen-bond acceptors (Lipinski definition) is 3. The van der Waals surface area contributed by atoms with Crippen molar-refractivity contribution in [3.8, 4) is 6.07 Å². The van der Waals surface area contributed by atoms with Gasteiger partial charge in [-0.25, -0.2) is 0 Å². The maximum atomic E-state index is 10.7. The molecule has 4 nitrogen and oxygen atoms in total. The van der Waals surface area contributed by atoms with Gasteiger partial charge in [-0.3, -0.25) is 9.69 Å². The molecule has 1 heterocycles. The summed E-state index contributed by atoms with van der Waals surface area (Å²) in [6, 6.07) is 2.69. The van der Waals surface area contributed by atoms with Crippen molar-refractivity contribution >= 4 is 5.91 Å². The van der Waals surface area contributed by atoms with Crippen molar-refractivity contribution in [2.24, 2.45) is 5.41 Å². The molecule has 1 amide bonds. The maximum absolute atomic E-state index is 10.7. The number of carbonyl (C=O) groups excluding carboxylic acids is 1. The summed E-state index contributed by atoms with van der Waals surface area (Å²) in [5.74, 6) is 0.0380. The van der Waals surface area contributed by atoms with Crippen LogP contribution >= 0.6 is 0 Å². The van der Waals surface area contributed by atoms with Gasteiger partial charge >= 0.3 is 0 Å². The number of carbonyl (C=O) groups is 1. The highest BCUT2D eigenvalue weighted by Gasteiger charge is 2.46. The summed E-state index contributed by atoms with van der Waals surface area (Å²) in [7, 11) is 0. The quantitative estimate of drug-likeness (QED) is 0.692. The number of hydrogen-bond donors (Lipinski definition) is 1. The zero-order valence-corrected chi connectivity index (χ0v) is 8.42. The zero-order valence-electron chi connectivity index (χ0n) is 8.42. The molecule has 0 aromatic rings. The molecule has 2 aliphatic rings. The van der Waals surface area contributed by atoms with Crippen molar-refractivity contribution in [3.05, 3.63) is 0 Å². The molecular formula is C10H15N3O. The van der Waals surface area contributed by atoms with E-state index in [4.69, 9.17) is 5.26 Å². The van der Waals surface area contributed by atoms with Crippen LogP contribution in [0.1, 0.15) is 19.8 Å². The Morgan fingerprint density at radius 3 is 2.71 bits per heavy atom. The van der Waals surface area contributed by atoms with E-state index in [0.717, 1.165) is 32.5 Å². The van der Waals surface area contributed by atoms with Gasteiger partial charge in [0.05, 0.1) is 17.5 Å². The molecule has 0 radical (unpaired) electrons. The lowest BCUT2D eigenvalue weighted by Gasteiger charge is -2.40. The molecule has 1 aliphatic carbocycles. The minimum atomic E-state index is -0.0405. The van der Waals surface area contributed by atoms with E-state index in [1.165, 1.54) is 0 Å². The predicted octanol–water partition coefficient (Wildman–Crippen LogP) is 0.110. The summed E-state index contributed by atoms with van der Waals surface area (Å²) in [5.41, 5.74) is -0.0405. The Balaban J connectivity index is 1.69. The largest absolute Gasteiger partial charge is 0.351 e. The van der Waals surface area contributed by atoms with E-state index in [1.807, 2.05) is 0 Å². The average Bonchev–Trinajstić information content (AvgIpc) is 2.81. The minimum absolute atomic E-state index is 0.0380. The minimum Gasteiger partial charge on any atom is -0.351 e. The van der Waals surface area contributed by atoms with Crippen LogP contribution < -0.4 is 5.32 Å². The van der Waals surface area contributed by atoms with Gasteiger partial charge in [-0.2, -0.15) is 5.26 Å². The van der Waals surface area contributed by atoms with Crippen LogP contribution in [0.3, 0.4) is 0 Å². The number of nitriles is 1. The maximum Gasteiger partial charge on any atom is 0.217 e. The van der Waals surface area contributed by atoms with E-state index in [-0.39, 0.29) is 11.3 Å². The van der Waals surface area contributed by atoms with Crippen LogP contribution in [0.2, 0.25) is 0 Å². The number of likely N-dealkylation sites (tertiary alicyclic amines) is 1. The van der Waals surface area contributed by atoms with Gasteiger partial charge in [-0.05, 0) is 12.8 Å². The highest BCUT2D eigenvalue weighted by atomic mass is 16.1. The SMILES string of the molecule is CC(=O)NC1CN(CC2(C#N)CC2)C1. The summed E-state index contributed by atoms with van der Waals surface area (Å²) < 4.78 is 0. The van der Waals surface area contributed by atoms with Gasteiger partial charge in [0.15, 0.2) is 0 Å². The first-order chi connectivity index (χ1) is 6.63. The van der Waals surface area contributed by atoms with Crippen LogP contribution in [0.25, 0.3) is 0 Å². The van der Waals surface area contributed by atoms with E-state index < -0.39 is 0 Å². The number of amides is 1. The third kappa shape index (κ3) is 1.88. The molecule has 1 saturated heterocycles. The summed E-state index contributed by atoms with van der Waals surface area (Å²) in [4.78, 5) is 13.0. The number of rotatable bonds is 3. The van der Waals surface area contributed by atoms with E-state index in [2.05, 4.69) is 16.3 Å². The van der Waals surface area contributed by atoms with Gasteiger partial charge in [0, 0.05) is 26.6 Å². The van der Waals surface area contributed by atoms with E-state index >= 15 is 0 Å². The molecule has 2 rings (SSSR count). The molecule has 0 aromatic heterocycles. The van der Waals surface area contributed by atoms with Crippen LogP contribution in [-0.4, -0.2) is 36.5 Å². The van der Waals surface area contributed by atoms with Gasteiger partial charge in [0.2, 0.25) is 5.91 Å². The molecule has 4 heteroatoms. The van der Waals surface area contributed by atoms with Gasteiger partial charge in [0.1, 0.15) is 0 Å². The molecule has 0 spiro atoms. The van der Waals surface area contributed by atoms with Gasteiger partial charge in [-0.15, -0.1) is 0 Å². The Hall–Kier alpha value is -1.08. The normalized spacial score (nSPS) is 24.9. The fourth-order valence-electron chi connectivity index (χ4n) is 1.96. The molecule has 1 N–H and O–H groups in total. The number of nitrogens with one attached hydrogen (secondary N) is 1. The predicted molar refractivity (Wildman–Crippen MR) is 51.3 cm³/mol. The van der Waals surface area contributed by atoms with E-state index in [9.17, 15) is 4.79 Å². The Kier molecular flexibility index (Phi) is 2.20. The highest BCUT2D eigenvalue weighted by molar-refractivity contribution is 5.73. The number of nitrogens with zero attached hydrogens (tertiary/aromatic N) is 2. The molecule has 1 aliphatic heterocycles. The fourth-order valence-corrected chi connectivity index (χ4v) is 1.96. The monoisotopic (exact) mass is 193 g/mol. The van der Waals surface area contributed by atoms with Crippen molar-refractivity contribution in [2.45, 2.75) is 25.8 Å². The van der Waals surface area contributed by atoms with Crippen LogP contribution in [0, 0.1) is 16.7 Å². The smallest absolute Gasteiger partial charge is 0.217 e. The van der Waals surface area contributed by atoms with Crippen LogP contribution in [0.15, 0.2) is 0 Å². The molecule has 76 valence electrons. The lowest BCUT2D eigenvalue weighted by Crippen LogP contribution is -2.59. The molecule has 0 aromatic carbocycles. The second-order valence-electron chi connectivity index (χ2n) is 4.48. The molecule has 0 bridgehead atoms. The molecular weight excluding hydrogens is 178 g/mol. The zero-order chi connectivity index (χ0) is 10.2. The van der Waals surface area contributed by atoms with E-state index in [1.54, 1.807) is 6.92 Å². The Labute approximate surface area is 83.9 Å². The molecule has 2 fully saturated rings. The van der Waals surface area contributed by atoms with Crippen molar-refractivity contribution < 1.29 is 4.79 Å². The van der Waals surface area contributed by atoms with Gasteiger partial charge in [-0.1, -0.05) is 0 Å². The first-order valence-corrected chi connectivity index (χ1v) is 5.04. The second-order valence-corrected chi connectivity index (χ2v) is 4.48. The van der Waals surface area contributed by atoms with Crippen molar-refractivity contribution in [1.29, 1.82) is 5.26 Å². The van der Waals surface area contributed by atoms with Gasteiger partial charge < -0.3 is 5.32 Å². The van der Waals surface area contributed by atoms with Crippen LogP contribution in [-0.2, 0) is 4.79 Å². The summed E-state index contributed by atoms with van der Waals surface area (Å²) in [6.45, 7) is 4.24. The Bertz CT molecular complexity index is 284. The fraction of sp³-hybridized carbons (Fsp3) is 0.800. The van der Waals surface area contributed by atoms with Crippen molar-refractivity contribution in [1.82, 2.24) is 10.2 Å². The first-order valence-electron chi connectivity index (χ1n) is 5.04. The first kappa shape index (κ1) is 9.47. The second kappa shape index (κ2) is 3.25. The Morgan fingerprint density at radius 2 is 2.29 bits per heavy atom. The molecule has 1 saturated carbocycles. The topological polar surface area (TPSA) is 56.1 Å². The van der Waals surface area contributed by atoms with Gasteiger partial charge in [0.25, 0.3) is 0 Å². The lowest BCUT2D eigenvalue weighted by atomic mass is 10.0. The summed E-state index contributed by atoms with van der Waals surface area (Å²) >= 11 is 0. The van der Waals surface area contributed by atoms with Crippen LogP contribution in [0.5, 0.6) is 0 Å². The third-order valence-corrected chi connectivity index (χ3v) is 2.98. The van der Waals surface area contributed by atoms with Crippen molar-refractivity contribution in [3.63, 3.8) is 0 Å². The standard InChI is InChI=1S/C10H15N3O/c1-8(14)12-9-4-13(5-9)7-10(6-11)2-3-10/h9H,2-5,7H2,1H3,(H,12,14). The van der Waals surface area contributed by atoms with Crippen molar-refractivity contribution in [2.75, 3.05) is 19.6 Å². The summed E-state index contributed by atoms with van der Waals surface area (Å²) in [6.07, 6.45) is 2.09. The molecule has 0 atom stereocenters. The summed E-state index contributed by atoms with van der Waals surface area (Å²) in [5, 5.41) is 11.8. The Morgan fingerprint density at radius 1 is 1.64 bits per heavy atom. The highest BCUT2D eigenvalue weighted by Crippen LogP contribution is 2.45. The molecule has 0 unspecified atom stereocenters. The average molecular weight is 193 g/mol.